The molecule has 5 nitrogen and oxygen atoms in total. The minimum Gasteiger partial charge on any atom is -0.421 e. The largest absolute Gasteiger partial charge is 0.421 e. The van der Waals surface area contributed by atoms with E-state index >= 15 is 0 Å². The van der Waals surface area contributed by atoms with Gasteiger partial charge in [0.2, 0.25) is 0 Å². The predicted octanol–water partition coefficient (Wildman–Crippen LogP) is 3.72. The maximum atomic E-state index is 13.5. The molecule has 3 aromatic heterocycles. The number of benzene rings is 1. The van der Waals surface area contributed by atoms with E-state index in [-0.39, 0.29) is 11.8 Å². The van der Waals surface area contributed by atoms with Crippen LogP contribution in [0.5, 0.6) is 11.8 Å². The van der Waals surface area contributed by atoms with Gasteiger partial charge in [-0.1, -0.05) is 12.1 Å². The van der Waals surface area contributed by atoms with Crippen molar-refractivity contribution in [1.82, 2.24) is 19.4 Å². The minimum atomic E-state index is -0.453. The second-order valence-electron chi connectivity index (χ2n) is 4.90. The number of halogens is 1. The lowest BCUT2D eigenvalue weighted by atomic mass is 10.1. The molecule has 4 aromatic rings. The fourth-order valence-corrected chi connectivity index (χ4v) is 2.23. The van der Waals surface area contributed by atoms with Crippen molar-refractivity contribution < 1.29 is 9.13 Å². The first kappa shape index (κ1) is 13.4. The third kappa shape index (κ3) is 2.62. The monoisotopic (exact) mass is 306 g/mol. The van der Waals surface area contributed by atoms with E-state index in [1.54, 1.807) is 30.7 Å². The number of para-hydroxylation sites is 1. The third-order valence-electron chi connectivity index (χ3n) is 3.39. The van der Waals surface area contributed by atoms with Gasteiger partial charge in [-0.2, -0.15) is 0 Å². The zero-order valence-electron chi connectivity index (χ0n) is 11.9. The lowest BCUT2D eigenvalue weighted by molar-refractivity contribution is 0.411. The number of nitrogens with zero attached hydrogens (tertiary/aromatic N) is 4. The van der Waals surface area contributed by atoms with Crippen molar-refractivity contribution in [3.05, 3.63) is 73.2 Å². The minimum absolute atomic E-state index is 0.0973. The number of rotatable bonds is 3. The molecule has 3 heterocycles. The van der Waals surface area contributed by atoms with Gasteiger partial charge in [-0.3, -0.25) is 0 Å². The van der Waals surface area contributed by atoms with Gasteiger partial charge in [0.1, 0.15) is 5.65 Å². The van der Waals surface area contributed by atoms with Crippen LogP contribution >= 0.6 is 0 Å². The van der Waals surface area contributed by atoms with Gasteiger partial charge in [0.05, 0.1) is 0 Å². The average molecular weight is 306 g/mol. The second-order valence-corrected chi connectivity index (χ2v) is 4.90. The Hall–Kier alpha value is -3.28. The second kappa shape index (κ2) is 5.49. The summed E-state index contributed by atoms with van der Waals surface area (Å²) in [6, 6.07) is 10.1. The molecule has 6 heteroatoms. The van der Waals surface area contributed by atoms with Crippen molar-refractivity contribution in [1.29, 1.82) is 0 Å². The summed E-state index contributed by atoms with van der Waals surface area (Å²) in [5.41, 5.74) is 2.66. The molecular formula is C17H11FN4O. The van der Waals surface area contributed by atoms with Gasteiger partial charge in [-0.15, -0.1) is 0 Å². The topological polar surface area (TPSA) is 52.3 Å². The normalized spacial score (nSPS) is 10.8. The van der Waals surface area contributed by atoms with E-state index in [4.69, 9.17) is 4.74 Å². The lowest BCUT2D eigenvalue weighted by Gasteiger charge is -2.06. The van der Waals surface area contributed by atoms with E-state index < -0.39 is 5.82 Å². The number of pyridine rings is 1. The summed E-state index contributed by atoms with van der Waals surface area (Å²) in [4.78, 5) is 12.5. The molecule has 112 valence electrons. The van der Waals surface area contributed by atoms with Crippen LogP contribution in [0.2, 0.25) is 0 Å². The molecule has 0 aliphatic rings. The van der Waals surface area contributed by atoms with Gasteiger partial charge in [0, 0.05) is 42.1 Å². The van der Waals surface area contributed by atoms with E-state index in [2.05, 4.69) is 15.0 Å². The number of hydrogen-bond donors (Lipinski definition) is 0. The van der Waals surface area contributed by atoms with Crippen molar-refractivity contribution in [3.63, 3.8) is 0 Å². The van der Waals surface area contributed by atoms with Gasteiger partial charge in [-0.05, 0) is 24.3 Å². The molecule has 0 saturated heterocycles. The summed E-state index contributed by atoms with van der Waals surface area (Å²) in [6.07, 6.45) is 8.83. The number of hydrogen-bond acceptors (Lipinski definition) is 4. The maximum Gasteiger partial charge on any atom is 0.321 e. The Morgan fingerprint density at radius 3 is 2.57 bits per heavy atom. The van der Waals surface area contributed by atoms with E-state index in [0.29, 0.717) is 0 Å². The molecule has 4 rings (SSSR count). The van der Waals surface area contributed by atoms with Crippen molar-refractivity contribution >= 4 is 5.65 Å². The third-order valence-corrected chi connectivity index (χ3v) is 3.39. The van der Waals surface area contributed by atoms with Crippen molar-refractivity contribution in [2.24, 2.45) is 0 Å². The zero-order valence-corrected chi connectivity index (χ0v) is 11.9. The van der Waals surface area contributed by atoms with Gasteiger partial charge in [-0.25, -0.2) is 19.3 Å². The van der Waals surface area contributed by atoms with Crippen LogP contribution in [0.15, 0.2) is 67.4 Å². The van der Waals surface area contributed by atoms with Gasteiger partial charge in [0.25, 0.3) is 0 Å². The molecule has 0 N–H and O–H groups in total. The molecule has 0 fully saturated rings. The fourth-order valence-electron chi connectivity index (χ4n) is 2.23. The Labute approximate surface area is 131 Å². The molecule has 23 heavy (non-hydrogen) atoms. The van der Waals surface area contributed by atoms with Crippen LogP contribution in [0.1, 0.15) is 0 Å². The van der Waals surface area contributed by atoms with E-state index in [9.17, 15) is 4.39 Å². The predicted molar refractivity (Wildman–Crippen MR) is 82.7 cm³/mol. The first-order chi connectivity index (χ1) is 11.3. The number of ether oxygens (including phenoxy) is 1. The number of aromatic nitrogens is 4. The zero-order chi connectivity index (χ0) is 15.6. The summed E-state index contributed by atoms with van der Waals surface area (Å²) in [6.45, 7) is 0. The average Bonchev–Trinajstić information content (AvgIpc) is 3.05. The molecule has 0 saturated carbocycles. The van der Waals surface area contributed by atoms with Crippen LogP contribution in [0.3, 0.4) is 0 Å². The fraction of sp³-hybridized carbons (Fsp3) is 0. The van der Waals surface area contributed by atoms with E-state index in [0.717, 1.165) is 16.8 Å². The Balaban J connectivity index is 1.61. The van der Waals surface area contributed by atoms with Crippen LogP contribution in [-0.4, -0.2) is 19.4 Å². The quantitative estimate of drug-likeness (QED) is 0.579. The molecule has 0 atom stereocenters. The maximum absolute atomic E-state index is 13.5. The first-order valence-electron chi connectivity index (χ1n) is 6.97. The molecule has 0 amide bonds. The molecule has 1 aromatic carbocycles. The highest BCUT2D eigenvalue weighted by atomic mass is 19.1. The van der Waals surface area contributed by atoms with Gasteiger partial charge >= 0.3 is 6.01 Å². The highest BCUT2D eigenvalue weighted by molar-refractivity contribution is 5.63. The van der Waals surface area contributed by atoms with Gasteiger partial charge < -0.3 is 9.14 Å². The summed E-state index contributed by atoms with van der Waals surface area (Å²) in [5.74, 6) is -0.356. The molecule has 0 bridgehead atoms. The summed E-state index contributed by atoms with van der Waals surface area (Å²) < 4.78 is 20.8. The van der Waals surface area contributed by atoms with Crippen LogP contribution in [-0.2, 0) is 0 Å². The van der Waals surface area contributed by atoms with Crippen LogP contribution < -0.4 is 4.74 Å². The Kier molecular flexibility index (Phi) is 3.20. The SMILES string of the molecule is Fc1ccccc1Oc1ncc(-c2ccc3nccn3c2)cn1. The van der Waals surface area contributed by atoms with Crippen LogP contribution in [0, 0.1) is 5.82 Å². The Morgan fingerprint density at radius 1 is 0.913 bits per heavy atom. The van der Waals surface area contributed by atoms with Crippen molar-refractivity contribution in [2.45, 2.75) is 0 Å². The molecule has 0 unspecified atom stereocenters. The molecular weight excluding hydrogens is 295 g/mol. The molecule has 0 spiro atoms. The highest BCUT2D eigenvalue weighted by Gasteiger charge is 2.07. The standard InChI is InChI=1S/C17H11FN4O/c18-14-3-1-2-4-15(14)23-17-20-9-13(10-21-17)12-5-6-16-19-7-8-22(16)11-12/h1-11H. The molecule has 0 aliphatic carbocycles. The van der Waals surface area contributed by atoms with Crippen LogP contribution in [0.4, 0.5) is 4.39 Å². The Morgan fingerprint density at radius 2 is 1.74 bits per heavy atom. The molecule has 0 aliphatic heterocycles. The summed E-state index contributed by atoms with van der Waals surface area (Å²) >= 11 is 0. The number of imidazole rings is 1. The molecule has 0 radical (unpaired) electrons. The van der Waals surface area contributed by atoms with Crippen molar-refractivity contribution in [2.75, 3.05) is 0 Å². The summed E-state index contributed by atoms with van der Waals surface area (Å²) in [5, 5.41) is 0. The lowest BCUT2D eigenvalue weighted by Crippen LogP contribution is -1.94. The summed E-state index contributed by atoms with van der Waals surface area (Å²) in [7, 11) is 0. The highest BCUT2D eigenvalue weighted by Crippen LogP contribution is 2.23. The van der Waals surface area contributed by atoms with E-state index in [1.807, 2.05) is 28.9 Å². The van der Waals surface area contributed by atoms with Gasteiger partial charge in [0.15, 0.2) is 11.6 Å². The van der Waals surface area contributed by atoms with Crippen LogP contribution in [0.25, 0.3) is 16.8 Å². The Bertz CT molecular complexity index is 966. The smallest absolute Gasteiger partial charge is 0.321 e. The first-order valence-corrected chi connectivity index (χ1v) is 6.97. The van der Waals surface area contributed by atoms with Crippen molar-refractivity contribution in [3.8, 4) is 22.9 Å². The number of fused-ring (bicyclic) bond motifs is 1. The van der Waals surface area contributed by atoms with E-state index in [1.165, 1.54) is 12.1 Å².